The number of fused-ring (bicyclic) bond motifs is 1. The van der Waals surface area contributed by atoms with Crippen LogP contribution in [-0.4, -0.2) is 37.0 Å². The lowest BCUT2D eigenvalue weighted by molar-refractivity contribution is 0.0798. The van der Waals surface area contributed by atoms with Crippen LogP contribution in [0.25, 0.3) is 0 Å². The van der Waals surface area contributed by atoms with Crippen LogP contribution >= 0.6 is 0 Å². The van der Waals surface area contributed by atoms with Crippen LogP contribution in [0.15, 0.2) is 42.5 Å². The van der Waals surface area contributed by atoms with Crippen LogP contribution in [0.2, 0.25) is 0 Å². The number of carbonyl (C=O) groups excluding carboxylic acids is 1. The fourth-order valence-electron chi connectivity index (χ4n) is 3.99. The van der Waals surface area contributed by atoms with Gasteiger partial charge in [0.2, 0.25) is 0 Å². The number of rotatable bonds is 4. The maximum atomic E-state index is 14.1. The van der Waals surface area contributed by atoms with E-state index in [0.29, 0.717) is 35.8 Å². The Morgan fingerprint density at radius 2 is 1.78 bits per heavy atom. The lowest BCUT2D eigenvalue weighted by Crippen LogP contribution is -2.38. The molecule has 2 aliphatic heterocycles. The molecule has 1 saturated heterocycles. The molecule has 0 bridgehead atoms. The first-order chi connectivity index (χ1) is 13.1. The largest absolute Gasteiger partial charge is 0.486 e. The number of carbonyl (C=O) groups is 1. The van der Waals surface area contributed by atoms with Crippen molar-refractivity contribution in [3.05, 3.63) is 59.4 Å². The molecule has 0 aliphatic carbocycles. The SMILES string of the molecule is CC(c1ccccc1F)N1CCC(C(=O)c2ccc3c(c2)OCCO3)CC1. The van der Waals surface area contributed by atoms with Crippen molar-refractivity contribution in [1.29, 1.82) is 0 Å². The molecule has 1 fully saturated rings. The second-order valence-electron chi connectivity index (χ2n) is 7.23. The molecule has 27 heavy (non-hydrogen) atoms. The summed E-state index contributed by atoms with van der Waals surface area (Å²) in [7, 11) is 0. The Balaban J connectivity index is 1.40. The van der Waals surface area contributed by atoms with Gasteiger partial charge in [0.15, 0.2) is 17.3 Å². The number of halogens is 1. The molecular weight excluding hydrogens is 345 g/mol. The number of benzene rings is 2. The number of ketones is 1. The van der Waals surface area contributed by atoms with Gasteiger partial charge in [0.05, 0.1) is 0 Å². The summed E-state index contributed by atoms with van der Waals surface area (Å²) >= 11 is 0. The Hall–Kier alpha value is -2.40. The number of piperidine rings is 1. The van der Waals surface area contributed by atoms with E-state index in [0.717, 1.165) is 25.9 Å². The molecule has 0 radical (unpaired) electrons. The standard InChI is InChI=1S/C22H24FNO3/c1-15(18-4-2-3-5-19(18)23)24-10-8-16(9-11-24)22(25)17-6-7-20-21(14-17)27-13-12-26-20/h2-7,14-16H,8-13H2,1H3. The smallest absolute Gasteiger partial charge is 0.166 e. The molecule has 4 rings (SSSR count). The summed E-state index contributed by atoms with van der Waals surface area (Å²) in [6, 6.07) is 12.4. The van der Waals surface area contributed by atoms with E-state index in [1.165, 1.54) is 6.07 Å². The maximum Gasteiger partial charge on any atom is 0.166 e. The molecule has 142 valence electrons. The lowest BCUT2D eigenvalue weighted by atomic mass is 9.88. The minimum Gasteiger partial charge on any atom is -0.486 e. The van der Waals surface area contributed by atoms with Crippen molar-refractivity contribution in [2.24, 2.45) is 5.92 Å². The van der Waals surface area contributed by atoms with Crippen LogP contribution in [0.5, 0.6) is 11.5 Å². The molecule has 1 atom stereocenters. The first-order valence-corrected chi connectivity index (χ1v) is 9.56. The first kappa shape index (κ1) is 18.0. The van der Waals surface area contributed by atoms with Crippen molar-refractivity contribution in [1.82, 2.24) is 4.90 Å². The Bertz CT molecular complexity index is 830. The molecule has 0 aromatic heterocycles. The van der Waals surface area contributed by atoms with E-state index < -0.39 is 0 Å². The van der Waals surface area contributed by atoms with Crippen molar-refractivity contribution in [3.63, 3.8) is 0 Å². The van der Waals surface area contributed by atoms with E-state index in [1.807, 2.05) is 31.2 Å². The van der Waals surface area contributed by atoms with E-state index in [9.17, 15) is 9.18 Å². The van der Waals surface area contributed by atoms with Gasteiger partial charge in [0.1, 0.15) is 19.0 Å². The number of hydrogen-bond acceptors (Lipinski definition) is 4. The summed E-state index contributed by atoms with van der Waals surface area (Å²) in [5.74, 6) is 1.34. The summed E-state index contributed by atoms with van der Waals surface area (Å²) < 4.78 is 25.2. The fraction of sp³-hybridized carbons (Fsp3) is 0.409. The van der Waals surface area contributed by atoms with E-state index in [2.05, 4.69) is 4.90 Å². The monoisotopic (exact) mass is 369 g/mol. The van der Waals surface area contributed by atoms with Gasteiger partial charge in [-0.25, -0.2) is 4.39 Å². The number of ether oxygens (including phenoxy) is 2. The number of likely N-dealkylation sites (tertiary alicyclic amines) is 1. The molecule has 1 unspecified atom stereocenters. The Kier molecular flexibility index (Phi) is 5.12. The van der Waals surface area contributed by atoms with Crippen LogP contribution in [0.4, 0.5) is 4.39 Å². The summed E-state index contributed by atoms with van der Waals surface area (Å²) in [5.41, 5.74) is 1.40. The van der Waals surface area contributed by atoms with Crippen molar-refractivity contribution < 1.29 is 18.7 Å². The highest BCUT2D eigenvalue weighted by Crippen LogP contribution is 2.33. The van der Waals surface area contributed by atoms with Gasteiger partial charge < -0.3 is 9.47 Å². The van der Waals surface area contributed by atoms with E-state index in [4.69, 9.17) is 9.47 Å². The van der Waals surface area contributed by atoms with Crippen molar-refractivity contribution in [2.45, 2.75) is 25.8 Å². The van der Waals surface area contributed by atoms with Gasteiger partial charge in [-0.1, -0.05) is 18.2 Å². The van der Waals surface area contributed by atoms with Gasteiger partial charge >= 0.3 is 0 Å². The first-order valence-electron chi connectivity index (χ1n) is 9.56. The zero-order valence-corrected chi connectivity index (χ0v) is 15.5. The van der Waals surface area contributed by atoms with Crippen LogP contribution in [-0.2, 0) is 0 Å². The average Bonchev–Trinajstić information content (AvgIpc) is 2.73. The highest BCUT2D eigenvalue weighted by Gasteiger charge is 2.29. The molecular formula is C22H24FNO3. The normalized spacial score (nSPS) is 18.9. The number of hydrogen-bond donors (Lipinski definition) is 0. The van der Waals surface area contributed by atoms with Crippen molar-refractivity contribution in [2.75, 3.05) is 26.3 Å². The van der Waals surface area contributed by atoms with Crippen LogP contribution in [0, 0.1) is 11.7 Å². The molecule has 4 nitrogen and oxygen atoms in total. The van der Waals surface area contributed by atoms with Crippen LogP contribution < -0.4 is 9.47 Å². The highest BCUT2D eigenvalue weighted by atomic mass is 19.1. The fourth-order valence-corrected chi connectivity index (χ4v) is 3.99. The molecule has 2 heterocycles. The Morgan fingerprint density at radius 3 is 2.52 bits per heavy atom. The quantitative estimate of drug-likeness (QED) is 0.755. The van der Waals surface area contributed by atoms with Gasteiger partial charge in [-0.3, -0.25) is 9.69 Å². The van der Waals surface area contributed by atoms with E-state index >= 15 is 0 Å². The third-order valence-electron chi connectivity index (χ3n) is 5.63. The highest BCUT2D eigenvalue weighted by molar-refractivity contribution is 5.98. The summed E-state index contributed by atoms with van der Waals surface area (Å²) in [6.07, 6.45) is 1.57. The molecule has 0 spiro atoms. The van der Waals surface area contributed by atoms with Gasteiger partial charge in [0.25, 0.3) is 0 Å². The Labute approximate surface area is 158 Å². The van der Waals surface area contributed by atoms with Gasteiger partial charge in [-0.2, -0.15) is 0 Å². The van der Waals surface area contributed by atoms with Gasteiger partial charge in [-0.05, 0) is 57.1 Å². The van der Waals surface area contributed by atoms with Gasteiger partial charge in [-0.15, -0.1) is 0 Å². The second-order valence-corrected chi connectivity index (χ2v) is 7.23. The summed E-state index contributed by atoms with van der Waals surface area (Å²) in [5, 5.41) is 0. The average molecular weight is 369 g/mol. The maximum absolute atomic E-state index is 14.1. The topological polar surface area (TPSA) is 38.8 Å². The van der Waals surface area contributed by atoms with Crippen molar-refractivity contribution >= 4 is 5.78 Å². The Morgan fingerprint density at radius 1 is 1.07 bits per heavy atom. The summed E-state index contributed by atoms with van der Waals surface area (Å²) in [6.45, 7) is 4.66. The third-order valence-corrected chi connectivity index (χ3v) is 5.63. The molecule has 2 aromatic rings. The predicted octanol–water partition coefficient (Wildman–Crippen LogP) is 4.25. The second kappa shape index (κ2) is 7.69. The molecule has 0 amide bonds. The van der Waals surface area contributed by atoms with Crippen LogP contribution in [0.1, 0.15) is 41.7 Å². The van der Waals surface area contributed by atoms with Crippen LogP contribution in [0.3, 0.4) is 0 Å². The number of Topliss-reactive ketones (excluding diaryl/α,β-unsaturated/α-hetero) is 1. The zero-order valence-electron chi connectivity index (χ0n) is 15.5. The van der Waals surface area contributed by atoms with Crippen molar-refractivity contribution in [3.8, 4) is 11.5 Å². The molecule has 0 saturated carbocycles. The molecule has 2 aromatic carbocycles. The number of nitrogens with zero attached hydrogens (tertiary/aromatic N) is 1. The molecule has 2 aliphatic rings. The van der Waals surface area contributed by atoms with E-state index in [1.54, 1.807) is 12.1 Å². The lowest BCUT2D eigenvalue weighted by Gasteiger charge is -2.36. The summed E-state index contributed by atoms with van der Waals surface area (Å²) in [4.78, 5) is 15.2. The minimum absolute atomic E-state index is 0.00312. The van der Waals surface area contributed by atoms with E-state index in [-0.39, 0.29) is 23.6 Å². The predicted molar refractivity (Wildman–Crippen MR) is 101 cm³/mol. The zero-order chi connectivity index (χ0) is 18.8. The third kappa shape index (κ3) is 3.69. The molecule has 5 heteroatoms. The van der Waals surface area contributed by atoms with Gasteiger partial charge in [0, 0.05) is 23.1 Å². The molecule has 0 N–H and O–H groups in total. The minimum atomic E-state index is -0.167.